The highest BCUT2D eigenvalue weighted by molar-refractivity contribution is 5.76. The first-order valence-corrected chi connectivity index (χ1v) is 8.46. The molecule has 1 aromatic rings. The van der Waals surface area contributed by atoms with Gasteiger partial charge in [0.25, 0.3) is 0 Å². The van der Waals surface area contributed by atoms with Crippen molar-refractivity contribution < 1.29 is 31.8 Å². The number of rotatable bonds is 9. The van der Waals surface area contributed by atoms with Gasteiger partial charge in [0.1, 0.15) is 11.5 Å². The molecule has 0 radical (unpaired) electrons. The lowest BCUT2D eigenvalue weighted by molar-refractivity contribution is -0.130. The van der Waals surface area contributed by atoms with Gasteiger partial charge in [-0.2, -0.15) is 17.6 Å². The van der Waals surface area contributed by atoms with Crippen molar-refractivity contribution in [2.75, 3.05) is 19.6 Å². The number of hydrogen-bond donors (Lipinski definition) is 1. The van der Waals surface area contributed by atoms with Gasteiger partial charge in [0, 0.05) is 44.2 Å². The lowest BCUT2D eigenvalue weighted by Crippen LogP contribution is -2.36. The predicted octanol–water partition coefficient (Wildman–Crippen LogP) is 3.38. The van der Waals surface area contributed by atoms with E-state index in [1.807, 2.05) is 0 Å². The van der Waals surface area contributed by atoms with E-state index in [2.05, 4.69) is 14.8 Å². The molecule has 1 N–H and O–H groups in total. The molecule has 0 unspecified atom stereocenters. The molecule has 1 saturated heterocycles. The molecule has 9 heteroatoms. The third-order valence-corrected chi connectivity index (χ3v) is 4.03. The maximum Gasteiger partial charge on any atom is 0.387 e. The van der Waals surface area contributed by atoms with E-state index in [1.54, 1.807) is 4.90 Å². The minimum absolute atomic E-state index is 0.125. The largest absolute Gasteiger partial charge is 0.435 e. The van der Waals surface area contributed by atoms with E-state index in [1.165, 1.54) is 12.1 Å². The van der Waals surface area contributed by atoms with Crippen molar-refractivity contribution in [1.29, 1.82) is 0 Å². The van der Waals surface area contributed by atoms with Crippen molar-refractivity contribution in [3.05, 3.63) is 23.8 Å². The number of likely N-dealkylation sites (tertiary alicyclic amines) is 1. The average Bonchev–Trinajstić information content (AvgIpc) is 2.76. The van der Waals surface area contributed by atoms with Gasteiger partial charge in [-0.05, 0) is 18.9 Å². The Morgan fingerprint density at radius 1 is 1.08 bits per heavy atom. The van der Waals surface area contributed by atoms with E-state index in [9.17, 15) is 22.4 Å². The third kappa shape index (κ3) is 6.70. The topological polar surface area (TPSA) is 50.8 Å². The fourth-order valence-electron chi connectivity index (χ4n) is 2.77. The zero-order valence-corrected chi connectivity index (χ0v) is 14.2. The molecule has 0 atom stereocenters. The summed E-state index contributed by atoms with van der Waals surface area (Å²) in [5.41, 5.74) is 0.383. The Bertz CT molecular complexity index is 587. The number of amides is 1. The number of hydrogen-bond acceptors (Lipinski definition) is 4. The molecule has 1 aliphatic heterocycles. The van der Waals surface area contributed by atoms with Crippen molar-refractivity contribution >= 4 is 5.91 Å². The van der Waals surface area contributed by atoms with Gasteiger partial charge >= 0.3 is 13.2 Å². The Morgan fingerprint density at radius 2 is 1.85 bits per heavy atom. The normalized spacial score (nSPS) is 15.5. The van der Waals surface area contributed by atoms with Crippen LogP contribution in [0.3, 0.4) is 0 Å². The lowest BCUT2D eigenvalue weighted by Gasteiger charge is -2.21. The molecule has 0 aliphatic carbocycles. The number of carbonyl (C=O) groups is 1. The first-order valence-electron chi connectivity index (χ1n) is 8.46. The molecule has 0 aromatic heterocycles. The summed E-state index contributed by atoms with van der Waals surface area (Å²) in [4.78, 5) is 13.7. The second kappa shape index (κ2) is 10.2. The summed E-state index contributed by atoms with van der Waals surface area (Å²) < 4.78 is 58.1. The molecule has 0 bridgehead atoms. The quantitative estimate of drug-likeness (QED) is 0.529. The highest BCUT2D eigenvalue weighted by Crippen LogP contribution is 2.27. The number of benzene rings is 1. The predicted molar refractivity (Wildman–Crippen MR) is 86.5 cm³/mol. The van der Waals surface area contributed by atoms with E-state index < -0.39 is 13.2 Å². The van der Waals surface area contributed by atoms with Crippen LogP contribution in [0.25, 0.3) is 0 Å². The van der Waals surface area contributed by atoms with Gasteiger partial charge in [0.15, 0.2) is 0 Å². The molecule has 1 aromatic carbocycles. The monoisotopic (exact) mass is 378 g/mol. The summed E-state index contributed by atoms with van der Waals surface area (Å²) >= 11 is 0. The van der Waals surface area contributed by atoms with Crippen LogP contribution in [0.5, 0.6) is 11.5 Å². The van der Waals surface area contributed by atoms with Crippen LogP contribution < -0.4 is 14.8 Å². The summed E-state index contributed by atoms with van der Waals surface area (Å²) in [5, 5.41) is 3.06. The van der Waals surface area contributed by atoms with E-state index in [0.29, 0.717) is 25.1 Å². The molecule has 5 nitrogen and oxygen atoms in total. The van der Waals surface area contributed by atoms with Gasteiger partial charge in [-0.15, -0.1) is 0 Å². The Morgan fingerprint density at radius 3 is 2.58 bits per heavy atom. The fourth-order valence-corrected chi connectivity index (χ4v) is 2.77. The van der Waals surface area contributed by atoms with Crippen molar-refractivity contribution in [2.45, 2.75) is 45.5 Å². The minimum Gasteiger partial charge on any atom is -0.435 e. The fraction of sp³-hybridized carbons (Fsp3) is 0.588. The average molecular weight is 378 g/mol. The molecule has 1 fully saturated rings. The van der Waals surface area contributed by atoms with Crippen LogP contribution in [0.15, 0.2) is 18.2 Å². The first-order chi connectivity index (χ1) is 12.5. The number of ether oxygens (including phenoxy) is 2. The summed E-state index contributed by atoms with van der Waals surface area (Å²) in [6.45, 7) is -4.21. The standard InChI is InChI=1S/C17H22F4N2O3/c18-16(19)25-13-6-5-12(14(10-13)26-17(20)21)11-22-7-9-23-8-3-1-2-4-15(23)24/h5-6,10,16-17,22H,1-4,7-9,11H2. The van der Waals surface area contributed by atoms with Crippen LogP contribution >= 0.6 is 0 Å². The zero-order valence-electron chi connectivity index (χ0n) is 14.2. The molecule has 0 saturated carbocycles. The summed E-state index contributed by atoms with van der Waals surface area (Å²) in [5.74, 6) is -0.356. The van der Waals surface area contributed by atoms with Crippen LogP contribution in [-0.2, 0) is 11.3 Å². The Kier molecular flexibility index (Phi) is 7.96. The van der Waals surface area contributed by atoms with Gasteiger partial charge in [-0.25, -0.2) is 0 Å². The van der Waals surface area contributed by atoms with Gasteiger partial charge in [0.05, 0.1) is 0 Å². The Balaban J connectivity index is 1.89. The molecular formula is C17H22F4N2O3. The number of halogens is 4. The molecule has 0 spiro atoms. The summed E-state index contributed by atoms with van der Waals surface area (Å²) in [7, 11) is 0. The number of alkyl halides is 4. The Hall–Kier alpha value is -2.03. The van der Waals surface area contributed by atoms with Crippen LogP contribution in [0.2, 0.25) is 0 Å². The van der Waals surface area contributed by atoms with E-state index in [-0.39, 0.29) is 24.0 Å². The van der Waals surface area contributed by atoms with E-state index >= 15 is 0 Å². The van der Waals surface area contributed by atoms with Crippen LogP contribution in [0, 0.1) is 0 Å². The number of carbonyl (C=O) groups excluding carboxylic acids is 1. The molecular weight excluding hydrogens is 356 g/mol. The smallest absolute Gasteiger partial charge is 0.387 e. The van der Waals surface area contributed by atoms with Gasteiger partial charge in [0.2, 0.25) is 5.91 Å². The number of nitrogens with one attached hydrogen (secondary N) is 1. The third-order valence-electron chi connectivity index (χ3n) is 4.03. The Labute approximate surface area is 149 Å². The second-order valence-corrected chi connectivity index (χ2v) is 5.89. The van der Waals surface area contributed by atoms with E-state index in [4.69, 9.17) is 0 Å². The van der Waals surface area contributed by atoms with Crippen LogP contribution in [-0.4, -0.2) is 43.7 Å². The maximum absolute atomic E-state index is 12.5. The first kappa shape index (κ1) is 20.3. The van der Waals surface area contributed by atoms with Crippen LogP contribution in [0.1, 0.15) is 31.2 Å². The van der Waals surface area contributed by atoms with Crippen molar-refractivity contribution in [3.8, 4) is 11.5 Å². The van der Waals surface area contributed by atoms with Gasteiger partial charge < -0.3 is 19.7 Å². The van der Waals surface area contributed by atoms with Gasteiger partial charge in [-0.1, -0.05) is 12.5 Å². The van der Waals surface area contributed by atoms with Crippen LogP contribution in [0.4, 0.5) is 17.6 Å². The highest BCUT2D eigenvalue weighted by atomic mass is 19.3. The van der Waals surface area contributed by atoms with Gasteiger partial charge in [-0.3, -0.25) is 4.79 Å². The van der Waals surface area contributed by atoms with Crippen molar-refractivity contribution in [2.24, 2.45) is 0 Å². The molecule has 146 valence electrons. The molecule has 1 aliphatic rings. The molecule has 1 amide bonds. The van der Waals surface area contributed by atoms with Crippen molar-refractivity contribution in [1.82, 2.24) is 10.2 Å². The summed E-state index contributed by atoms with van der Waals surface area (Å²) in [6.07, 6.45) is 3.48. The molecule has 26 heavy (non-hydrogen) atoms. The van der Waals surface area contributed by atoms with Crippen molar-refractivity contribution in [3.63, 3.8) is 0 Å². The summed E-state index contributed by atoms with van der Waals surface area (Å²) in [6, 6.07) is 3.66. The minimum atomic E-state index is -3.08. The SMILES string of the molecule is O=C1CCCCCN1CCNCc1ccc(OC(F)F)cc1OC(F)F. The second-order valence-electron chi connectivity index (χ2n) is 5.89. The zero-order chi connectivity index (χ0) is 18.9. The van der Waals surface area contributed by atoms with E-state index in [0.717, 1.165) is 31.9 Å². The molecule has 1 heterocycles. The lowest BCUT2D eigenvalue weighted by atomic mass is 10.2. The highest BCUT2D eigenvalue weighted by Gasteiger charge is 2.16. The maximum atomic E-state index is 12.5. The molecule has 2 rings (SSSR count). The number of nitrogens with zero attached hydrogens (tertiary/aromatic N) is 1.